The van der Waals surface area contributed by atoms with Gasteiger partial charge in [0.1, 0.15) is 11.9 Å². The maximum atomic E-state index is 13.7. The molecule has 3 N–H and O–H groups in total. The Balaban J connectivity index is 0.00000387. The number of para-hydroxylation sites is 2. The van der Waals surface area contributed by atoms with Crippen LogP contribution >= 0.6 is 12.4 Å². The first-order valence-corrected chi connectivity index (χ1v) is 14.3. The fraction of sp³-hybridized carbons (Fsp3) is 0.364. The Morgan fingerprint density at radius 1 is 0.951 bits per heavy atom. The second-order valence-electron chi connectivity index (χ2n) is 11.3. The minimum absolute atomic E-state index is 0. The fourth-order valence-corrected chi connectivity index (χ4v) is 5.53. The van der Waals surface area contributed by atoms with E-state index in [1.54, 1.807) is 13.8 Å². The Morgan fingerprint density at radius 3 is 2.22 bits per heavy atom. The maximum Gasteiger partial charge on any atom is 0.245 e. The van der Waals surface area contributed by atoms with E-state index in [1.807, 2.05) is 47.4 Å². The lowest BCUT2D eigenvalue weighted by molar-refractivity contribution is -0.138. The van der Waals surface area contributed by atoms with Gasteiger partial charge in [0, 0.05) is 24.7 Å². The number of fused-ring (bicyclic) bond motifs is 1. The van der Waals surface area contributed by atoms with E-state index in [4.69, 9.17) is 10.7 Å². The number of carbonyl (C=O) groups is 2. The van der Waals surface area contributed by atoms with Gasteiger partial charge >= 0.3 is 0 Å². The first-order chi connectivity index (χ1) is 19.3. The number of nitrogens with two attached hydrogens (primary N) is 1. The molecule has 0 radical (unpaired) electrons. The summed E-state index contributed by atoms with van der Waals surface area (Å²) in [6.07, 6.45) is 3.85. The van der Waals surface area contributed by atoms with E-state index in [0.29, 0.717) is 19.5 Å². The number of hydrogen-bond acceptors (Lipinski definition) is 4. The van der Waals surface area contributed by atoms with Crippen LogP contribution in [0.5, 0.6) is 0 Å². The Labute approximate surface area is 248 Å². The SMILES string of the molecule is CC(C)(N)C(=O)N[C@H](CCCc1ccccc1)C(=O)N1CCC(n2c(-c3ccccc3)nc3ccccc32)CC1.Cl. The number of amides is 2. The van der Waals surface area contributed by atoms with Crippen LogP contribution in [0.3, 0.4) is 0 Å². The minimum atomic E-state index is -1.05. The number of nitrogens with zero attached hydrogens (tertiary/aromatic N) is 3. The summed E-state index contributed by atoms with van der Waals surface area (Å²) in [6, 6.07) is 28.4. The number of nitrogens with one attached hydrogen (secondary N) is 1. The number of aromatic nitrogens is 2. The molecule has 0 bridgehead atoms. The third-order valence-corrected chi connectivity index (χ3v) is 7.76. The van der Waals surface area contributed by atoms with E-state index in [1.165, 1.54) is 5.56 Å². The maximum absolute atomic E-state index is 13.7. The van der Waals surface area contributed by atoms with Gasteiger partial charge in [-0.15, -0.1) is 12.4 Å². The van der Waals surface area contributed by atoms with Gasteiger partial charge in [-0.1, -0.05) is 72.8 Å². The second-order valence-corrected chi connectivity index (χ2v) is 11.3. The van der Waals surface area contributed by atoms with Crippen LogP contribution in [0, 0.1) is 0 Å². The van der Waals surface area contributed by atoms with Crippen molar-refractivity contribution in [1.82, 2.24) is 19.8 Å². The van der Waals surface area contributed by atoms with Gasteiger partial charge in [-0.25, -0.2) is 4.98 Å². The number of imidazole rings is 1. The van der Waals surface area contributed by atoms with Crippen molar-refractivity contribution in [2.75, 3.05) is 13.1 Å². The zero-order valence-electron chi connectivity index (χ0n) is 23.8. The van der Waals surface area contributed by atoms with E-state index >= 15 is 0 Å². The molecule has 0 unspecified atom stereocenters. The van der Waals surface area contributed by atoms with Gasteiger partial charge in [0.15, 0.2) is 0 Å². The number of benzene rings is 3. The summed E-state index contributed by atoms with van der Waals surface area (Å²) in [6.45, 7) is 4.58. The van der Waals surface area contributed by atoms with Crippen LogP contribution in [0.25, 0.3) is 22.4 Å². The molecule has 41 heavy (non-hydrogen) atoms. The van der Waals surface area contributed by atoms with Crippen LogP contribution in [0.15, 0.2) is 84.9 Å². The van der Waals surface area contributed by atoms with Gasteiger partial charge in [-0.2, -0.15) is 0 Å². The van der Waals surface area contributed by atoms with Crippen LogP contribution in [0.2, 0.25) is 0 Å². The van der Waals surface area contributed by atoms with Gasteiger partial charge in [0.25, 0.3) is 0 Å². The highest BCUT2D eigenvalue weighted by Crippen LogP contribution is 2.33. The lowest BCUT2D eigenvalue weighted by Crippen LogP contribution is -2.57. The molecule has 1 saturated heterocycles. The topological polar surface area (TPSA) is 93.2 Å². The Kier molecular flexibility index (Phi) is 9.84. The van der Waals surface area contributed by atoms with Gasteiger partial charge < -0.3 is 20.5 Å². The molecule has 5 rings (SSSR count). The molecule has 1 aromatic heterocycles. The number of halogens is 1. The first-order valence-electron chi connectivity index (χ1n) is 14.3. The lowest BCUT2D eigenvalue weighted by Gasteiger charge is -2.36. The quantitative estimate of drug-likeness (QED) is 0.275. The molecule has 2 heterocycles. The van der Waals surface area contributed by atoms with Crippen LogP contribution in [-0.2, 0) is 16.0 Å². The lowest BCUT2D eigenvalue weighted by atomic mass is 9.99. The molecule has 0 saturated carbocycles. The standard InChI is InChI=1S/C33H39N5O2.ClH/c1-33(2,34)32(40)36-28(18-11-14-24-12-5-3-6-13-24)31(39)37-22-20-26(21-23-37)38-29-19-10-9-17-27(29)35-30(38)25-15-7-4-8-16-25;/h3-10,12-13,15-17,19,26,28H,11,14,18,20-23,34H2,1-2H3,(H,36,40);1H/t28-;/m1./s1. The van der Waals surface area contributed by atoms with Gasteiger partial charge in [-0.05, 0) is 63.6 Å². The molecule has 1 aliphatic rings. The van der Waals surface area contributed by atoms with Crippen LogP contribution < -0.4 is 11.1 Å². The predicted octanol–water partition coefficient (Wildman–Crippen LogP) is 5.53. The molecule has 0 spiro atoms. The van der Waals surface area contributed by atoms with Crippen molar-refractivity contribution in [3.05, 3.63) is 90.5 Å². The number of piperidine rings is 1. The molecule has 7 nitrogen and oxygen atoms in total. The van der Waals surface area contributed by atoms with E-state index in [2.05, 4.69) is 52.3 Å². The average Bonchev–Trinajstić information content (AvgIpc) is 3.36. The highest BCUT2D eigenvalue weighted by Gasteiger charge is 2.33. The van der Waals surface area contributed by atoms with Crippen molar-refractivity contribution >= 4 is 35.3 Å². The molecule has 1 atom stereocenters. The normalized spacial score (nSPS) is 14.9. The summed E-state index contributed by atoms with van der Waals surface area (Å²) in [5, 5.41) is 2.96. The molecule has 4 aromatic rings. The van der Waals surface area contributed by atoms with Crippen molar-refractivity contribution in [3.63, 3.8) is 0 Å². The largest absolute Gasteiger partial charge is 0.343 e. The summed E-state index contributed by atoms with van der Waals surface area (Å²) in [7, 11) is 0. The van der Waals surface area contributed by atoms with Crippen molar-refractivity contribution < 1.29 is 9.59 Å². The van der Waals surface area contributed by atoms with Crippen LogP contribution in [-0.4, -0.2) is 50.9 Å². The van der Waals surface area contributed by atoms with Crippen molar-refractivity contribution in [2.24, 2.45) is 5.73 Å². The summed E-state index contributed by atoms with van der Waals surface area (Å²) in [4.78, 5) is 33.4. The van der Waals surface area contributed by atoms with Crippen molar-refractivity contribution in [3.8, 4) is 11.4 Å². The molecule has 8 heteroatoms. The summed E-state index contributed by atoms with van der Waals surface area (Å²) < 4.78 is 2.35. The number of hydrogen-bond donors (Lipinski definition) is 2. The van der Waals surface area contributed by atoms with E-state index in [9.17, 15) is 9.59 Å². The number of carbonyl (C=O) groups excluding carboxylic acids is 2. The van der Waals surface area contributed by atoms with E-state index in [0.717, 1.165) is 48.1 Å². The zero-order valence-corrected chi connectivity index (χ0v) is 24.6. The Bertz CT molecular complexity index is 1440. The smallest absolute Gasteiger partial charge is 0.245 e. The number of likely N-dealkylation sites (tertiary alicyclic amines) is 1. The highest BCUT2D eigenvalue weighted by atomic mass is 35.5. The number of aryl methyl sites for hydroxylation is 1. The predicted molar refractivity (Wildman–Crippen MR) is 167 cm³/mol. The molecule has 0 aliphatic carbocycles. The zero-order chi connectivity index (χ0) is 28.1. The molecule has 1 aliphatic heterocycles. The van der Waals surface area contributed by atoms with Gasteiger partial charge in [-0.3, -0.25) is 9.59 Å². The molecule has 2 amide bonds. The van der Waals surface area contributed by atoms with Crippen LogP contribution in [0.1, 0.15) is 51.1 Å². The van der Waals surface area contributed by atoms with Crippen molar-refractivity contribution in [1.29, 1.82) is 0 Å². The van der Waals surface area contributed by atoms with E-state index in [-0.39, 0.29) is 30.3 Å². The highest BCUT2D eigenvalue weighted by molar-refractivity contribution is 5.91. The third kappa shape index (κ3) is 7.16. The van der Waals surface area contributed by atoms with Crippen LogP contribution in [0.4, 0.5) is 0 Å². The Hall–Kier alpha value is -3.68. The fourth-order valence-electron chi connectivity index (χ4n) is 5.53. The first kappa shape index (κ1) is 30.3. The summed E-state index contributed by atoms with van der Waals surface area (Å²) in [5.41, 5.74) is 9.41. The monoisotopic (exact) mass is 573 g/mol. The average molecular weight is 574 g/mol. The second kappa shape index (κ2) is 13.3. The number of rotatable bonds is 9. The van der Waals surface area contributed by atoms with Crippen molar-refractivity contribution in [2.45, 2.75) is 63.6 Å². The summed E-state index contributed by atoms with van der Waals surface area (Å²) >= 11 is 0. The molecule has 3 aromatic carbocycles. The van der Waals surface area contributed by atoms with E-state index < -0.39 is 11.6 Å². The van der Waals surface area contributed by atoms with Gasteiger partial charge in [0.05, 0.1) is 16.6 Å². The molecule has 1 fully saturated rings. The molecular formula is C33H40ClN5O2. The molecule has 216 valence electrons. The van der Waals surface area contributed by atoms with Gasteiger partial charge in [0.2, 0.25) is 11.8 Å². The Morgan fingerprint density at radius 2 is 1.56 bits per heavy atom. The summed E-state index contributed by atoms with van der Waals surface area (Å²) in [5.74, 6) is 0.628. The third-order valence-electron chi connectivity index (χ3n) is 7.76. The molecular weight excluding hydrogens is 534 g/mol. The minimum Gasteiger partial charge on any atom is -0.343 e.